The lowest BCUT2D eigenvalue weighted by atomic mass is 10.3. The van der Waals surface area contributed by atoms with Gasteiger partial charge in [0.1, 0.15) is 14.9 Å². The molecule has 21 heavy (non-hydrogen) atoms. The van der Waals surface area contributed by atoms with E-state index < -0.39 is 25.7 Å². The van der Waals surface area contributed by atoms with Crippen LogP contribution in [0.4, 0.5) is 5.69 Å². The van der Waals surface area contributed by atoms with Crippen LogP contribution >= 0.6 is 23.2 Å². The highest BCUT2D eigenvalue weighted by Gasteiger charge is 2.31. The molecule has 0 aliphatic heterocycles. The fraction of sp³-hybridized carbons (Fsp3) is 0.455. The average Bonchev–Trinajstić information content (AvgIpc) is 2.38. The summed E-state index contributed by atoms with van der Waals surface area (Å²) in [6.07, 6.45) is 0.250. The van der Waals surface area contributed by atoms with Gasteiger partial charge in [0, 0.05) is 19.7 Å². The molecule has 0 aromatic heterocycles. The minimum Gasteiger partial charge on any atom is -0.396 e. The van der Waals surface area contributed by atoms with Gasteiger partial charge in [-0.05, 0) is 18.6 Å². The fourth-order valence-corrected chi connectivity index (χ4v) is 4.08. The highest BCUT2D eigenvalue weighted by Crippen LogP contribution is 2.38. The molecule has 0 radical (unpaired) electrons. The van der Waals surface area contributed by atoms with Crippen molar-refractivity contribution in [1.29, 1.82) is 0 Å². The first kappa shape index (κ1) is 18.1. The molecule has 0 aliphatic carbocycles. The third-order valence-corrected chi connectivity index (χ3v) is 5.57. The Kier molecular flexibility index (Phi) is 6.36. The lowest BCUT2D eigenvalue weighted by Crippen LogP contribution is -2.32. The molecule has 0 saturated carbocycles. The topological polar surface area (TPSA) is 101 Å². The fourth-order valence-electron chi connectivity index (χ4n) is 1.72. The number of benzene rings is 1. The number of aliphatic hydroxyl groups excluding tert-OH is 1. The summed E-state index contributed by atoms with van der Waals surface area (Å²) in [4.78, 5) is 9.73. The van der Waals surface area contributed by atoms with E-state index in [2.05, 4.69) is 0 Å². The predicted molar refractivity (Wildman–Crippen MR) is 79.3 cm³/mol. The van der Waals surface area contributed by atoms with E-state index in [-0.39, 0.29) is 36.0 Å². The van der Waals surface area contributed by atoms with Gasteiger partial charge in [-0.2, -0.15) is 4.31 Å². The van der Waals surface area contributed by atoms with Crippen LogP contribution in [0, 0.1) is 10.1 Å². The third kappa shape index (κ3) is 3.83. The molecule has 7 nitrogen and oxygen atoms in total. The SMILES string of the molecule is CCN(CCCO)S(=O)(=O)c1ccc(Cl)c([N+](=O)[O-])c1Cl. The molecule has 0 spiro atoms. The zero-order chi connectivity index (χ0) is 16.2. The second-order valence-electron chi connectivity index (χ2n) is 4.04. The predicted octanol–water partition coefficient (Wildman–Crippen LogP) is 2.29. The standard InChI is InChI=1S/C11H14Cl2N2O5S/c1-2-14(6-3-7-16)21(19,20)9-5-4-8(12)11(10(9)13)15(17)18/h4-5,16H,2-3,6-7H2,1H3. The normalized spacial score (nSPS) is 11.9. The van der Waals surface area contributed by atoms with Gasteiger partial charge in [0.25, 0.3) is 0 Å². The third-order valence-electron chi connectivity index (χ3n) is 2.75. The minimum absolute atomic E-state index is 0.0854. The summed E-state index contributed by atoms with van der Waals surface area (Å²) in [5, 5.41) is 19.0. The largest absolute Gasteiger partial charge is 0.396 e. The summed E-state index contributed by atoms with van der Waals surface area (Å²) in [6.45, 7) is 1.69. The maximum Gasteiger partial charge on any atom is 0.307 e. The lowest BCUT2D eigenvalue weighted by molar-refractivity contribution is -0.384. The van der Waals surface area contributed by atoms with E-state index in [1.807, 2.05) is 0 Å². The van der Waals surface area contributed by atoms with Gasteiger partial charge in [0.15, 0.2) is 0 Å². The van der Waals surface area contributed by atoms with Crippen LogP contribution in [0.25, 0.3) is 0 Å². The highest BCUT2D eigenvalue weighted by atomic mass is 35.5. The molecule has 0 amide bonds. The van der Waals surface area contributed by atoms with Crippen LogP contribution in [-0.2, 0) is 10.0 Å². The van der Waals surface area contributed by atoms with Crippen LogP contribution in [-0.4, -0.2) is 42.4 Å². The molecule has 1 aromatic carbocycles. The Labute approximate surface area is 132 Å². The first-order chi connectivity index (χ1) is 9.77. The van der Waals surface area contributed by atoms with Gasteiger partial charge in [0.2, 0.25) is 10.0 Å². The molecule has 1 aromatic rings. The molecule has 0 unspecified atom stereocenters. The Morgan fingerprint density at radius 1 is 1.38 bits per heavy atom. The smallest absolute Gasteiger partial charge is 0.307 e. The molecule has 0 heterocycles. The van der Waals surface area contributed by atoms with Crippen molar-refractivity contribution < 1.29 is 18.4 Å². The van der Waals surface area contributed by atoms with E-state index in [1.165, 1.54) is 0 Å². The van der Waals surface area contributed by atoms with Gasteiger partial charge in [-0.15, -0.1) is 0 Å². The average molecular weight is 357 g/mol. The molecule has 0 fully saturated rings. The number of nitro groups is 1. The summed E-state index contributed by atoms with van der Waals surface area (Å²) < 4.78 is 26.0. The Morgan fingerprint density at radius 3 is 2.48 bits per heavy atom. The van der Waals surface area contributed by atoms with Gasteiger partial charge in [-0.1, -0.05) is 30.1 Å². The zero-order valence-corrected chi connectivity index (χ0v) is 13.5. The van der Waals surface area contributed by atoms with Crippen LogP contribution in [0.15, 0.2) is 17.0 Å². The van der Waals surface area contributed by atoms with Gasteiger partial charge >= 0.3 is 5.69 Å². The number of nitro benzene ring substituents is 1. The van der Waals surface area contributed by atoms with Crippen molar-refractivity contribution >= 4 is 38.9 Å². The van der Waals surface area contributed by atoms with E-state index in [0.717, 1.165) is 16.4 Å². The molecular formula is C11H14Cl2N2O5S. The van der Waals surface area contributed by atoms with Crippen LogP contribution in [0.5, 0.6) is 0 Å². The number of hydrogen-bond donors (Lipinski definition) is 1. The zero-order valence-electron chi connectivity index (χ0n) is 11.1. The van der Waals surface area contributed by atoms with Crippen molar-refractivity contribution in [1.82, 2.24) is 4.31 Å². The van der Waals surface area contributed by atoms with Crippen molar-refractivity contribution in [3.8, 4) is 0 Å². The Balaban J connectivity index is 3.38. The second kappa shape index (κ2) is 7.37. The van der Waals surface area contributed by atoms with E-state index in [1.54, 1.807) is 6.92 Å². The van der Waals surface area contributed by atoms with Crippen molar-refractivity contribution in [2.75, 3.05) is 19.7 Å². The number of aliphatic hydroxyl groups is 1. The van der Waals surface area contributed by atoms with Crippen LogP contribution < -0.4 is 0 Å². The van der Waals surface area contributed by atoms with Crippen LogP contribution in [0.3, 0.4) is 0 Å². The first-order valence-corrected chi connectivity index (χ1v) is 8.20. The number of sulfonamides is 1. The number of hydrogen-bond acceptors (Lipinski definition) is 5. The Bertz CT molecular complexity index is 636. The minimum atomic E-state index is -4.00. The van der Waals surface area contributed by atoms with Crippen LogP contribution in [0.2, 0.25) is 10.0 Å². The molecule has 0 saturated heterocycles. The molecule has 0 aliphatic rings. The monoisotopic (exact) mass is 356 g/mol. The quantitative estimate of drug-likeness (QED) is 0.596. The molecule has 1 N–H and O–H groups in total. The molecule has 118 valence electrons. The van der Waals surface area contributed by atoms with Crippen molar-refractivity contribution in [2.24, 2.45) is 0 Å². The lowest BCUT2D eigenvalue weighted by Gasteiger charge is -2.20. The highest BCUT2D eigenvalue weighted by molar-refractivity contribution is 7.89. The molecule has 10 heteroatoms. The Hall–Kier alpha value is -0.930. The van der Waals surface area contributed by atoms with E-state index in [9.17, 15) is 18.5 Å². The van der Waals surface area contributed by atoms with E-state index >= 15 is 0 Å². The summed E-state index contributed by atoms with van der Waals surface area (Å²) >= 11 is 11.5. The van der Waals surface area contributed by atoms with Crippen molar-refractivity contribution in [2.45, 2.75) is 18.2 Å². The van der Waals surface area contributed by atoms with Crippen LogP contribution in [0.1, 0.15) is 13.3 Å². The molecule has 1 rings (SSSR count). The first-order valence-electron chi connectivity index (χ1n) is 6.00. The second-order valence-corrected chi connectivity index (χ2v) is 6.73. The van der Waals surface area contributed by atoms with Crippen molar-refractivity contribution in [3.63, 3.8) is 0 Å². The summed E-state index contributed by atoms with van der Waals surface area (Å²) in [5.41, 5.74) is -0.641. The summed E-state index contributed by atoms with van der Waals surface area (Å²) in [5.74, 6) is 0. The number of rotatable bonds is 7. The summed E-state index contributed by atoms with van der Waals surface area (Å²) in [7, 11) is -4.00. The van der Waals surface area contributed by atoms with Gasteiger partial charge in [-0.3, -0.25) is 10.1 Å². The molecular weight excluding hydrogens is 343 g/mol. The van der Waals surface area contributed by atoms with Crippen molar-refractivity contribution in [3.05, 3.63) is 32.3 Å². The molecule has 0 atom stereocenters. The van der Waals surface area contributed by atoms with E-state index in [0.29, 0.717) is 0 Å². The maximum absolute atomic E-state index is 12.5. The van der Waals surface area contributed by atoms with Gasteiger partial charge < -0.3 is 5.11 Å². The van der Waals surface area contributed by atoms with E-state index in [4.69, 9.17) is 28.3 Å². The molecule has 0 bridgehead atoms. The van der Waals surface area contributed by atoms with Gasteiger partial charge in [0.05, 0.1) is 4.92 Å². The van der Waals surface area contributed by atoms with Gasteiger partial charge in [-0.25, -0.2) is 8.42 Å². The number of halogens is 2. The summed E-state index contributed by atoms with van der Waals surface area (Å²) in [6, 6.07) is 2.26. The maximum atomic E-state index is 12.5. The number of nitrogens with zero attached hydrogens (tertiary/aromatic N) is 2. The Morgan fingerprint density at radius 2 is 2.00 bits per heavy atom.